The molecule has 0 spiro atoms. The van der Waals surface area contributed by atoms with Crippen molar-refractivity contribution in [3.05, 3.63) is 102 Å². The van der Waals surface area contributed by atoms with Crippen molar-refractivity contribution in [1.29, 1.82) is 0 Å². The van der Waals surface area contributed by atoms with Crippen molar-refractivity contribution in [3.63, 3.8) is 0 Å². The number of aromatic nitrogens is 2. The number of thiazole rings is 1. The molecule has 170 valence electrons. The molecule has 2 aromatic heterocycles. The molecule has 0 atom stereocenters. The molecular weight excluding hydrogens is 468 g/mol. The second-order valence-electron chi connectivity index (χ2n) is 7.58. The molecule has 2 heterocycles. The number of imidazole rings is 1. The van der Waals surface area contributed by atoms with E-state index in [0.717, 1.165) is 16.2 Å². The van der Waals surface area contributed by atoms with Gasteiger partial charge in [-0.3, -0.25) is 13.5 Å². The van der Waals surface area contributed by atoms with Crippen LogP contribution in [0.4, 0.5) is 11.4 Å². The molecule has 0 aliphatic heterocycles. The maximum Gasteiger partial charge on any atom is 0.264 e. The van der Waals surface area contributed by atoms with Crippen LogP contribution >= 0.6 is 11.3 Å². The molecule has 1 N–H and O–H groups in total. The standard InChI is InChI=1S/C25H20N4O3S2/c1-28(21-5-3-2-4-6-21)34(31,32)22-13-9-19(10-14-22)24(30)26-20-11-7-18(8-12-20)23-17-29-15-16-33-25(29)27-23/h2-17H,1H3,(H,26,30). The fourth-order valence-corrected chi connectivity index (χ4v) is 5.40. The van der Waals surface area contributed by atoms with Gasteiger partial charge in [0.25, 0.3) is 15.9 Å². The Bertz CT molecular complexity index is 1530. The first-order valence-corrected chi connectivity index (χ1v) is 12.7. The molecule has 0 saturated heterocycles. The summed E-state index contributed by atoms with van der Waals surface area (Å²) >= 11 is 1.57. The molecule has 0 aliphatic rings. The molecule has 5 rings (SSSR count). The van der Waals surface area contributed by atoms with Crippen molar-refractivity contribution in [1.82, 2.24) is 9.38 Å². The van der Waals surface area contributed by atoms with Crippen LogP contribution in [0.2, 0.25) is 0 Å². The van der Waals surface area contributed by atoms with E-state index in [-0.39, 0.29) is 10.8 Å². The van der Waals surface area contributed by atoms with Gasteiger partial charge in [-0.25, -0.2) is 13.4 Å². The van der Waals surface area contributed by atoms with Gasteiger partial charge in [0.15, 0.2) is 4.96 Å². The summed E-state index contributed by atoms with van der Waals surface area (Å²) in [6, 6.07) is 22.1. The number of amides is 1. The van der Waals surface area contributed by atoms with Crippen molar-refractivity contribution < 1.29 is 13.2 Å². The highest BCUT2D eigenvalue weighted by Gasteiger charge is 2.21. The van der Waals surface area contributed by atoms with E-state index in [0.29, 0.717) is 16.9 Å². The number of hydrogen-bond acceptors (Lipinski definition) is 5. The van der Waals surface area contributed by atoms with Crippen molar-refractivity contribution in [3.8, 4) is 11.3 Å². The van der Waals surface area contributed by atoms with Gasteiger partial charge < -0.3 is 5.32 Å². The Morgan fingerprint density at radius 1 is 0.971 bits per heavy atom. The summed E-state index contributed by atoms with van der Waals surface area (Å²) in [5.41, 5.74) is 3.37. The molecule has 0 fully saturated rings. The highest BCUT2D eigenvalue weighted by Crippen LogP contribution is 2.24. The van der Waals surface area contributed by atoms with Gasteiger partial charge in [-0.15, -0.1) is 11.3 Å². The lowest BCUT2D eigenvalue weighted by atomic mass is 10.1. The fourth-order valence-electron chi connectivity index (χ4n) is 3.51. The third-order valence-electron chi connectivity index (χ3n) is 5.43. The maximum atomic E-state index is 12.9. The molecule has 5 aromatic rings. The molecule has 7 nitrogen and oxygen atoms in total. The van der Waals surface area contributed by atoms with E-state index in [9.17, 15) is 13.2 Å². The van der Waals surface area contributed by atoms with Crippen LogP contribution in [0.15, 0.2) is 102 Å². The number of para-hydroxylation sites is 1. The summed E-state index contributed by atoms with van der Waals surface area (Å²) < 4.78 is 29.0. The number of carbonyl (C=O) groups is 1. The zero-order valence-corrected chi connectivity index (χ0v) is 19.8. The van der Waals surface area contributed by atoms with Crippen LogP contribution < -0.4 is 9.62 Å². The van der Waals surface area contributed by atoms with Gasteiger partial charge in [-0.05, 0) is 48.5 Å². The SMILES string of the molecule is CN(c1ccccc1)S(=O)(=O)c1ccc(C(=O)Nc2ccc(-c3cn4ccsc4n3)cc2)cc1. The van der Waals surface area contributed by atoms with E-state index < -0.39 is 10.0 Å². The Balaban J connectivity index is 1.28. The summed E-state index contributed by atoms with van der Waals surface area (Å²) in [7, 11) is -2.23. The zero-order chi connectivity index (χ0) is 23.7. The Morgan fingerprint density at radius 3 is 2.35 bits per heavy atom. The monoisotopic (exact) mass is 488 g/mol. The van der Waals surface area contributed by atoms with E-state index >= 15 is 0 Å². The number of nitrogens with zero attached hydrogens (tertiary/aromatic N) is 3. The number of nitrogens with one attached hydrogen (secondary N) is 1. The van der Waals surface area contributed by atoms with Crippen molar-refractivity contribution >= 4 is 43.6 Å². The summed E-state index contributed by atoms with van der Waals surface area (Å²) in [6.07, 6.45) is 3.92. The summed E-state index contributed by atoms with van der Waals surface area (Å²) in [4.78, 5) is 18.3. The van der Waals surface area contributed by atoms with Gasteiger partial charge in [0.2, 0.25) is 0 Å². The molecule has 0 radical (unpaired) electrons. The van der Waals surface area contributed by atoms with Crippen LogP contribution in [0.25, 0.3) is 16.2 Å². The summed E-state index contributed by atoms with van der Waals surface area (Å²) in [5, 5.41) is 4.82. The molecule has 34 heavy (non-hydrogen) atoms. The number of anilines is 2. The van der Waals surface area contributed by atoms with E-state index in [1.54, 1.807) is 35.6 Å². The molecule has 1 amide bonds. The normalized spacial score (nSPS) is 11.4. The number of carbonyl (C=O) groups excluding carboxylic acids is 1. The first kappa shape index (κ1) is 21.9. The fraction of sp³-hybridized carbons (Fsp3) is 0.0400. The van der Waals surface area contributed by atoms with Crippen LogP contribution in [-0.4, -0.2) is 30.8 Å². The lowest BCUT2D eigenvalue weighted by Gasteiger charge is -2.19. The molecule has 0 aliphatic carbocycles. The Kier molecular flexibility index (Phi) is 5.64. The number of hydrogen-bond donors (Lipinski definition) is 1. The predicted molar refractivity (Wildman–Crippen MR) is 135 cm³/mol. The first-order valence-electron chi connectivity index (χ1n) is 10.4. The average molecular weight is 489 g/mol. The Morgan fingerprint density at radius 2 is 1.68 bits per heavy atom. The average Bonchev–Trinajstić information content (AvgIpc) is 3.47. The van der Waals surface area contributed by atoms with E-state index in [1.165, 1.54) is 35.6 Å². The lowest BCUT2D eigenvalue weighted by Crippen LogP contribution is -2.26. The number of sulfonamides is 1. The first-order chi connectivity index (χ1) is 16.4. The molecule has 3 aromatic carbocycles. The quantitative estimate of drug-likeness (QED) is 0.359. The molecular formula is C25H20N4O3S2. The second kappa shape index (κ2) is 8.77. The maximum absolute atomic E-state index is 12.9. The number of benzene rings is 3. The van der Waals surface area contributed by atoms with Crippen molar-refractivity contribution in [2.45, 2.75) is 4.90 Å². The smallest absolute Gasteiger partial charge is 0.264 e. The van der Waals surface area contributed by atoms with Crippen LogP contribution in [0.5, 0.6) is 0 Å². The highest BCUT2D eigenvalue weighted by molar-refractivity contribution is 7.92. The van der Waals surface area contributed by atoms with Crippen LogP contribution in [0.1, 0.15) is 10.4 Å². The van der Waals surface area contributed by atoms with Gasteiger partial charge in [-0.1, -0.05) is 30.3 Å². The molecule has 0 saturated carbocycles. The van der Waals surface area contributed by atoms with Crippen LogP contribution in [0.3, 0.4) is 0 Å². The third-order valence-corrected chi connectivity index (χ3v) is 8.00. The lowest BCUT2D eigenvalue weighted by molar-refractivity contribution is 0.102. The predicted octanol–water partition coefficient (Wildman–Crippen LogP) is 5.14. The molecule has 9 heteroatoms. The van der Waals surface area contributed by atoms with Gasteiger partial charge >= 0.3 is 0 Å². The molecule has 0 unspecified atom stereocenters. The van der Waals surface area contributed by atoms with Crippen molar-refractivity contribution in [2.24, 2.45) is 0 Å². The van der Waals surface area contributed by atoms with E-state index in [4.69, 9.17) is 0 Å². The van der Waals surface area contributed by atoms with Gasteiger partial charge in [0.1, 0.15) is 0 Å². The number of fused-ring (bicyclic) bond motifs is 1. The second-order valence-corrected chi connectivity index (χ2v) is 10.4. The minimum Gasteiger partial charge on any atom is -0.322 e. The van der Waals surface area contributed by atoms with E-state index in [2.05, 4.69) is 10.3 Å². The summed E-state index contributed by atoms with van der Waals surface area (Å²) in [6.45, 7) is 0. The zero-order valence-electron chi connectivity index (χ0n) is 18.1. The van der Waals surface area contributed by atoms with Gasteiger partial charge in [-0.2, -0.15) is 0 Å². The topological polar surface area (TPSA) is 83.8 Å². The highest BCUT2D eigenvalue weighted by atomic mass is 32.2. The Hall–Kier alpha value is -3.95. The number of rotatable bonds is 6. The molecule has 0 bridgehead atoms. The largest absolute Gasteiger partial charge is 0.322 e. The minimum atomic E-state index is -3.74. The van der Waals surface area contributed by atoms with Crippen molar-refractivity contribution in [2.75, 3.05) is 16.7 Å². The van der Waals surface area contributed by atoms with Crippen LogP contribution in [0, 0.1) is 0 Å². The van der Waals surface area contributed by atoms with Gasteiger partial charge in [0, 0.05) is 41.6 Å². The Labute approximate surface area is 201 Å². The minimum absolute atomic E-state index is 0.111. The summed E-state index contributed by atoms with van der Waals surface area (Å²) in [5.74, 6) is -0.324. The third kappa shape index (κ3) is 4.18. The van der Waals surface area contributed by atoms with E-state index in [1.807, 2.05) is 52.5 Å². The van der Waals surface area contributed by atoms with Gasteiger partial charge in [0.05, 0.1) is 16.3 Å². The van der Waals surface area contributed by atoms with Crippen LogP contribution in [-0.2, 0) is 10.0 Å².